The predicted octanol–water partition coefficient (Wildman–Crippen LogP) is 1.32. The molecule has 3 heteroatoms. The van der Waals surface area contributed by atoms with E-state index in [0.717, 1.165) is 31.5 Å². The molecule has 16 heavy (non-hydrogen) atoms. The number of rotatable bonds is 5. The smallest absolute Gasteiger partial charge is 0.0791 e. The number of likely N-dealkylation sites (N-methyl/N-ethyl adjacent to an activating group) is 1. The monoisotopic (exact) mass is 228 g/mol. The number of piperidine rings is 1. The average molecular weight is 228 g/mol. The molecule has 1 saturated heterocycles. The summed E-state index contributed by atoms with van der Waals surface area (Å²) in [6.45, 7) is 12.6. The Morgan fingerprint density at radius 3 is 2.69 bits per heavy atom. The van der Waals surface area contributed by atoms with E-state index in [2.05, 4.69) is 37.9 Å². The van der Waals surface area contributed by atoms with Crippen molar-refractivity contribution >= 4 is 0 Å². The van der Waals surface area contributed by atoms with Crippen molar-refractivity contribution in [2.75, 3.05) is 26.2 Å². The summed E-state index contributed by atoms with van der Waals surface area (Å²) < 4.78 is 0. The highest BCUT2D eigenvalue weighted by molar-refractivity contribution is 4.83. The van der Waals surface area contributed by atoms with Gasteiger partial charge in [-0.3, -0.25) is 4.90 Å². The Hall–Kier alpha value is -0.120. The second-order valence-corrected chi connectivity index (χ2v) is 5.47. The van der Waals surface area contributed by atoms with E-state index < -0.39 is 0 Å². The van der Waals surface area contributed by atoms with Crippen molar-refractivity contribution < 1.29 is 5.11 Å². The molecule has 0 spiro atoms. The molecule has 1 aliphatic rings. The van der Waals surface area contributed by atoms with Crippen molar-refractivity contribution in [2.45, 2.75) is 46.3 Å². The summed E-state index contributed by atoms with van der Waals surface area (Å²) >= 11 is 0. The Kier molecular flexibility index (Phi) is 5.73. The molecule has 0 aliphatic carbocycles. The Morgan fingerprint density at radius 2 is 2.06 bits per heavy atom. The number of nitrogens with zero attached hydrogens (tertiary/aromatic N) is 1. The van der Waals surface area contributed by atoms with Crippen LogP contribution in [-0.2, 0) is 0 Å². The Labute approximate surface area is 100 Å². The predicted molar refractivity (Wildman–Crippen MR) is 68.5 cm³/mol. The minimum Gasteiger partial charge on any atom is -0.390 e. The van der Waals surface area contributed by atoms with Gasteiger partial charge >= 0.3 is 0 Å². The molecule has 1 aliphatic heterocycles. The van der Waals surface area contributed by atoms with Gasteiger partial charge in [0.2, 0.25) is 0 Å². The molecule has 3 nitrogen and oxygen atoms in total. The first kappa shape index (κ1) is 13.9. The van der Waals surface area contributed by atoms with E-state index in [4.69, 9.17) is 0 Å². The van der Waals surface area contributed by atoms with Gasteiger partial charge < -0.3 is 10.4 Å². The van der Waals surface area contributed by atoms with Crippen molar-refractivity contribution in [3.63, 3.8) is 0 Å². The van der Waals surface area contributed by atoms with Gasteiger partial charge in [0.15, 0.2) is 0 Å². The number of aliphatic hydroxyl groups is 1. The topological polar surface area (TPSA) is 35.5 Å². The first-order valence-corrected chi connectivity index (χ1v) is 6.67. The Balaban J connectivity index is 2.39. The van der Waals surface area contributed by atoms with E-state index in [1.807, 2.05) is 0 Å². The molecule has 96 valence electrons. The zero-order chi connectivity index (χ0) is 12.1. The second kappa shape index (κ2) is 6.58. The summed E-state index contributed by atoms with van der Waals surface area (Å²) in [5.74, 6) is 1.51. The van der Waals surface area contributed by atoms with Gasteiger partial charge in [0.1, 0.15) is 0 Å². The van der Waals surface area contributed by atoms with Gasteiger partial charge in [-0.05, 0) is 31.7 Å². The highest BCUT2D eigenvalue weighted by atomic mass is 16.3. The molecule has 4 atom stereocenters. The largest absolute Gasteiger partial charge is 0.390 e. The summed E-state index contributed by atoms with van der Waals surface area (Å²) in [6.07, 6.45) is 1.08. The van der Waals surface area contributed by atoms with Crippen LogP contribution in [0.15, 0.2) is 0 Å². The van der Waals surface area contributed by atoms with Crippen molar-refractivity contribution in [1.82, 2.24) is 10.2 Å². The van der Waals surface area contributed by atoms with E-state index in [1.165, 1.54) is 6.42 Å². The molecular formula is C13H28N2O. The lowest BCUT2D eigenvalue weighted by molar-refractivity contribution is 0.0325. The Morgan fingerprint density at radius 1 is 1.38 bits per heavy atom. The van der Waals surface area contributed by atoms with Crippen molar-refractivity contribution in [2.24, 2.45) is 11.8 Å². The number of hydrogen-bond donors (Lipinski definition) is 2. The fourth-order valence-corrected chi connectivity index (χ4v) is 2.72. The molecule has 0 aromatic heterocycles. The van der Waals surface area contributed by atoms with Gasteiger partial charge in [0.05, 0.1) is 6.10 Å². The number of β-amino-alcohol motifs (C(OH)–C–C–N with tert-alkyl or cyclic N) is 1. The SMILES string of the molecule is CCNCC(O)CN1CC(C)CC(C)C1C. The number of nitrogens with one attached hydrogen (secondary N) is 1. The lowest BCUT2D eigenvalue weighted by Crippen LogP contribution is -2.50. The fourth-order valence-electron chi connectivity index (χ4n) is 2.72. The lowest BCUT2D eigenvalue weighted by atomic mass is 9.86. The minimum atomic E-state index is -0.236. The third kappa shape index (κ3) is 4.04. The maximum absolute atomic E-state index is 9.92. The van der Waals surface area contributed by atoms with Crippen molar-refractivity contribution in [3.05, 3.63) is 0 Å². The van der Waals surface area contributed by atoms with Gasteiger partial charge in [-0.15, -0.1) is 0 Å². The third-order valence-corrected chi connectivity index (χ3v) is 3.80. The summed E-state index contributed by atoms with van der Waals surface area (Å²) in [7, 11) is 0. The molecule has 0 bridgehead atoms. The maximum atomic E-state index is 9.92. The van der Waals surface area contributed by atoms with Gasteiger partial charge in [-0.2, -0.15) is 0 Å². The molecular weight excluding hydrogens is 200 g/mol. The average Bonchev–Trinajstić information content (AvgIpc) is 2.22. The maximum Gasteiger partial charge on any atom is 0.0791 e. The molecule has 0 aromatic carbocycles. The molecule has 0 aromatic rings. The van der Waals surface area contributed by atoms with E-state index in [-0.39, 0.29) is 6.10 Å². The standard InChI is InChI=1S/C13H28N2O/c1-5-14-7-13(16)9-15-8-10(2)6-11(3)12(15)4/h10-14,16H,5-9H2,1-4H3. The van der Waals surface area contributed by atoms with Crippen LogP contribution in [0.4, 0.5) is 0 Å². The highest BCUT2D eigenvalue weighted by Crippen LogP contribution is 2.26. The zero-order valence-electron chi connectivity index (χ0n) is 11.2. The van der Waals surface area contributed by atoms with E-state index in [1.54, 1.807) is 0 Å². The molecule has 0 radical (unpaired) electrons. The van der Waals surface area contributed by atoms with Gasteiger partial charge in [-0.1, -0.05) is 20.8 Å². The molecule has 1 rings (SSSR count). The summed E-state index contributed by atoms with van der Waals surface area (Å²) in [6, 6.07) is 0.604. The van der Waals surface area contributed by atoms with Crippen molar-refractivity contribution in [3.8, 4) is 0 Å². The molecule has 4 unspecified atom stereocenters. The third-order valence-electron chi connectivity index (χ3n) is 3.80. The quantitative estimate of drug-likeness (QED) is 0.745. The number of aliphatic hydroxyl groups excluding tert-OH is 1. The van der Waals surface area contributed by atoms with Gasteiger partial charge in [0.25, 0.3) is 0 Å². The van der Waals surface area contributed by atoms with Crippen molar-refractivity contribution in [1.29, 1.82) is 0 Å². The molecule has 0 saturated carbocycles. The van der Waals surface area contributed by atoms with E-state index >= 15 is 0 Å². The van der Waals surface area contributed by atoms with Crippen LogP contribution < -0.4 is 5.32 Å². The fraction of sp³-hybridized carbons (Fsp3) is 1.00. The van der Waals surface area contributed by atoms with Crippen LogP contribution in [-0.4, -0.2) is 48.3 Å². The first-order chi connectivity index (χ1) is 7.54. The van der Waals surface area contributed by atoms with Crippen LogP contribution in [0.5, 0.6) is 0 Å². The molecule has 0 amide bonds. The zero-order valence-corrected chi connectivity index (χ0v) is 11.2. The number of hydrogen-bond acceptors (Lipinski definition) is 3. The molecule has 1 heterocycles. The second-order valence-electron chi connectivity index (χ2n) is 5.47. The highest BCUT2D eigenvalue weighted by Gasteiger charge is 2.29. The van der Waals surface area contributed by atoms with Crippen LogP contribution in [0.25, 0.3) is 0 Å². The van der Waals surface area contributed by atoms with Crippen LogP contribution in [0.2, 0.25) is 0 Å². The van der Waals surface area contributed by atoms with Gasteiger partial charge in [0, 0.05) is 25.7 Å². The van der Waals surface area contributed by atoms with E-state index in [0.29, 0.717) is 12.6 Å². The summed E-state index contributed by atoms with van der Waals surface area (Å²) in [5, 5.41) is 13.1. The van der Waals surface area contributed by atoms with Crippen LogP contribution >= 0.6 is 0 Å². The van der Waals surface area contributed by atoms with Gasteiger partial charge in [-0.25, -0.2) is 0 Å². The van der Waals surface area contributed by atoms with Crippen LogP contribution in [0.1, 0.15) is 34.1 Å². The molecule has 1 fully saturated rings. The minimum absolute atomic E-state index is 0.236. The lowest BCUT2D eigenvalue weighted by Gasteiger charge is -2.42. The van der Waals surface area contributed by atoms with Crippen LogP contribution in [0.3, 0.4) is 0 Å². The normalized spacial score (nSPS) is 33.9. The van der Waals surface area contributed by atoms with Crippen LogP contribution in [0, 0.1) is 11.8 Å². The van der Waals surface area contributed by atoms with E-state index in [9.17, 15) is 5.11 Å². The summed E-state index contributed by atoms with van der Waals surface area (Å²) in [5.41, 5.74) is 0. The Bertz CT molecular complexity index is 198. The number of likely N-dealkylation sites (tertiary alicyclic amines) is 1. The molecule has 2 N–H and O–H groups in total. The summed E-state index contributed by atoms with van der Waals surface area (Å²) in [4.78, 5) is 2.45. The first-order valence-electron chi connectivity index (χ1n) is 6.67.